The molecule has 3 N–H and O–H groups in total. The Labute approximate surface area is 134 Å². The van der Waals surface area contributed by atoms with E-state index in [1.165, 1.54) is 12.1 Å². The van der Waals surface area contributed by atoms with Gasteiger partial charge >= 0.3 is 6.18 Å². The van der Waals surface area contributed by atoms with Gasteiger partial charge in [-0.25, -0.2) is 0 Å². The van der Waals surface area contributed by atoms with Gasteiger partial charge in [0.25, 0.3) is 0 Å². The van der Waals surface area contributed by atoms with Crippen LogP contribution in [-0.2, 0) is 12.6 Å². The quantitative estimate of drug-likeness (QED) is 0.457. The lowest BCUT2D eigenvalue weighted by molar-refractivity contribution is -0.138. The highest BCUT2D eigenvalue weighted by Gasteiger charge is 2.34. The summed E-state index contributed by atoms with van der Waals surface area (Å²) < 4.78 is 40.3. The second-order valence-corrected chi connectivity index (χ2v) is 5.88. The number of halogens is 4. The summed E-state index contributed by atoms with van der Waals surface area (Å²) >= 11 is 2.18. The maximum atomic E-state index is 13.1. The molecule has 0 aliphatic rings. The summed E-state index contributed by atoms with van der Waals surface area (Å²) in [7, 11) is 0. The number of hydrogen-bond acceptors (Lipinski definition) is 2. The van der Waals surface area contributed by atoms with E-state index in [0.717, 1.165) is 15.2 Å². The topological polar surface area (TPSA) is 38.0 Å². The molecule has 0 aliphatic heterocycles. The van der Waals surface area contributed by atoms with E-state index in [2.05, 4.69) is 28.0 Å². The number of alkyl halides is 3. The van der Waals surface area contributed by atoms with Gasteiger partial charge in [-0.05, 0) is 58.3 Å². The van der Waals surface area contributed by atoms with Crippen LogP contribution >= 0.6 is 22.6 Å². The van der Waals surface area contributed by atoms with E-state index >= 15 is 0 Å². The molecule has 1 unspecified atom stereocenters. The first-order valence-electron chi connectivity index (χ1n) is 6.28. The van der Waals surface area contributed by atoms with Gasteiger partial charge in [-0.1, -0.05) is 30.3 Å². The molecule has 112 valence electrons. The molecule has 0 fully saturated rings. The molecule has 6 heteroatoms. The van der Waals surface area contributed by atoms with E-state index in [0.29, 0.717) is 6.42 Å². The van der Waals surface area contributed by atoms with E-state index in [1.54, 1.807) is 6.07 Å². The van der Waals surface area contributed by atoms with Crippen LogP contribution in [-0.4, -0.2) is 0 Å². The van der Waals surface area contributed by atoms with Crippen molar-refractivity contribution in [3.05, 3.63) is 68.8 Å². The van der Waals surface area contributed by atoms with Crippen molar-refractivity contribution < 1.29 is 13.2 Å². The first kappa shape index (κ1) is 16.3. The predicted octanol–water partition coefficient (Wildman–Crippen LogP) is 4.06. The molecule has 2 nitrogen and oxygen atoms in total. The van der Waals surface area contributed by atoms with Gasteiger partial charge in [-0.3, -0.25) is 11.3 Å². The number of rotatable bonds is 4. The minimum atomic E-state index is -4.39. The van der Waals surface area contributed by atoms with E-state index in [1.807, 2.05) is 24.3 Å². The van der Waals surface area contributed by atoms with Gasteiger partial charge < -0.3 is 0 Å². The van der Waals surface area contributed by atoms with Crippen molar-refractivity contribution in [1.29, 1.82) is 0 Å². The molecule has 2 aromatic carbocycles. The highest BCUT2D eigenvalue weighted by atomic mass is 127. The molecule has 0 heterocycles. The number of hydrazine groups is 1. The van der Waals surface area contributed by atoms with Crippen molar-refractivity contribution in [2.45, 2.75) is 18.6 Å². The molecule has 0 bridgehead atoms. The lowest BCUT2D eigenvalue weighted by Gasteiger charge is -2.21. The molecule has 1 atom stereocenters. The zero-order valence-corrected chi connectivity index (χ0v) is 13.1. The molecule has 21 heavy (non-hydrogen) atoms. The Bertz CT molecular complexity index is 597. The van der Waals surface area contributed by atoms with E-state index in [9.17, 15) is 13.2 Å². The number of hydrogen-bond donors (Lipinski definition) is 2. The van der Waals surface area contributed by atoms with Crippen LogP contribution in [0.25, 0.3) is 0 Å². The molecule has 0 amide bonds. The Kier molecular flexibility index (Phi) is 5.23. The lowest BCUT2D eigenvalue weighted by atomic mass is 9.95. The first-order valence-corrected chi connectivity index (χ1v) is 7.36. The minimum absolute atomic E-state index is 0.158. The molecule has 0 radical (unpaired) electrons. The Balaban J connectivity index is 2.32. The SMILES string of the molecule is NNC(Cc1ccc(I)cc1)c1ccccc1C(F)(F)F. The van der Waals surface area contributed by atoms with Crippen LogP contribution in [0.2, 0.25) is 0 Å². The van der Waals surface area contributed by atoms with Crippen LogP contribution < -0.4 is 11.3 Å². The van der Waals surface area contributed by atoms with Gasteiger partial charge in [0.1, 0.15) is 0 Å². The van der Waals surface area contributed by atoms with Gasteiger partial charge in [0.05, 0.1) is 11.6 Å². The van der Waals surface area contributed by atoms with Crippen LogP contribution in [0.4, 0.5) is 13.2 Å². The van der Waals surface area contributed by atoms with E-state index in [4.69, 9.17) is 5.84 Å². The molecule has 0 saturated carbocycles. The molecule has 0 aliphatic carbocycles. The number of nitrogens with two attached hydrogens (primary N) is 1. The van der Waals surface area contributed by atoms with Crippen LogP contribution in [0.1, 0.15) is 22.7 Å². The standard InChI is InChI=1S/C15H14F3IN2/c16-15(17,18)13-4-2-1-3-12(13)14(21-20)9-10-5-7-11(19)8-6-10/h1-8,14,21H,9,20H2. The smallest absolute Gasteiger partial charge is 0.271 e. The van der Waals surface area contributed by atoms with Crippen molar-refractivity contribution >= 4 is 22.6 Å². The van der Waals surface area contributed by atoms with Gasteiger partial charge in [-0.2, -0.15) is 13.2 Å². The fourth-order valence-corrected chi connectivity index (χ4v) is 2.53. The van der Waals surface area contributed by atoms with Crippen molar-refractivity contribution in [2.75, 3.05) is 0 Å². The fraction of sp³-hybridized carbons (Fsp3) is 0.200. The second kappa shape index (κ2) is 6.76. The summed E-state index contributed by atoms with van der Waals surface area (Å²) in [4.78, 5) is 0. The van der Waals surface area contributed by atoms with Crippen LogP contribution in [0.15, 0.2) is 48.5 Å². The van der Waals surface area contributed by atoms with E-state index < -0.39 is 17.8 Å². The average molecular weight is 406 g/mol. The summed E-state index contributed by atoms with van der Waals surface area (Å²) in [6.45, 7) is 0. The molecule has 2 aromatic rings. The largest absolute Gasteiger partial charge is 0.416 e. The third kappa shape index (κ3) is 4.18. The molecule has 0 aromatic heterocycles. The number of nitrogens with one attached hydrogen (secondary N) is 1. The molecule has 0 saturated heterocycles. The highest BCUT2D eigenvalue weighted by molar-refractivity contribution is 14.1. The second-order valence-electron chi connectivity index (χ2n) is 4.63. The Morgan fingerprint density at radius 1 is 1.05 bits per heavy atom. The Hall–Kier alpha value is -1.12. The van der Waals surface area contributed by atoms with Crippen LogP contribution in [0.5, 0.6) is 0 Å². The maximum absolute atomic E-state index is 13.1. The Morgan fingerprint density at radius 2 is 1.67 bits per heavy atom. The van der Waals surface area contributed by atoms with Crippen molar-refractivity contribution in [2.24, 2.45) is 5.84 Å². The number of benzene rings is 2. The zero-order valence-electron chi connectivity index (χ0n) is 11.0. The summed E-state index contributed by atoms with van der Waals surface area (Å²) in [5.74, 6) is 5.48. The fourth-order valence-electron chi connectivity index (χ4n) is 2.17. The Morgan fingerprint density at radius 3 is 2.24 bits per heavy atom. The van der Waals surface area contributed by atoms with Crippen LogP contribution in [0.3, 0.4) is 0 Å². The van der Waals surface area contributed by atoms with Crippen molar-refractivity contribution in [1.82, 2.24) is 5.43 Å². The minimum Gasteiger partial charge on any atom is -0.271 e. The van der Waals surface area contributed by atoms with Crippen molar-refractivity contribution in [3.63, 3.8) is 0 Å². The molecular formula is C15H14F3IN2. The van der Waals surface area contributed by atoms with Crippen molar-refractivity contribution in [3.8, 4) is 0 Å². The average Bonchev–Trinajstić information content (AvgIpc) is 2.46. The summed E-state index contributed by atoms with van der Waals surface area (Å²) in [5, 5.41) is 0. The van der Waals surface area contributed by atoms with Gasteiger partial charge in [0.15, 0.2) is 0 Å². The monoisotopic (exact) mass is 406 g/mol. The summed E-state index contributed by atoms with van der Waals surface area (Å²) in [5.41, 5.74) is 2.92. The molecule has 2 rings (SSSR count). The van der Waals surface area contributed by atoms with E-state index in [-0.39, 0.29) is 5.56 Å². The van der Waals surface area contributed by atoms with Gasteiger partial charge in [-0.15, -0.1) is 0 Å². The van der Waals surface area contributed by atoms with Crippen LogP contribution in [0, 0.1) is 3.57 Å². The van der Waals surface area contributed by atoms with Gasteiger partial charge in [0.2, 0.25) is 0 Å². The normalized spacial score (nSPS) is 13.2. The molecular weight excluding hydrogens is 392 g/mol. The zero-order chi connectivity index (χ0) is 15.5. The van der Waals surface area contributed by atoms with Gasteiger partial charge in [0, 0.05) is 3.57 Å². The summed E-state index contributed by atoms with van der Waals surface area (Å²) in [6.07, 6.45) is -4.00. The molecule has 0 spiro atoms. The summed E-state index contributed by atoms with van der Waals surface area (Å²) in [6, 6.07) is 12.5. The third-order valence-corrected chi connectivity index (χ3v) is 3.92. The maximum Gasteiger partial charge on any atom is 0.416 e. The lowest BCUT2D eigenvalue weighted by Crippen LogP contribution is -2.31. The highest BCUT2D eigenvalue weighted by Crippen LogP contribution is 2.35. The first-order chi connectivity index (χ1) is 9.91. The third-order valence-electron chi connectivity index (χ3n) is 3.20. The predicted molar refractivity (Wildman–Crippen MR) is 84.4 cm³/mol.